The number of piperazine rings is 1. The van der Waals surface area contributed by atoms with E-state index in [1.807, 2.05) is 4.90 Å². The number of aromatic nitrogens is 1. The first-order chi connectivity index (χ1) is 12.6. The summed E-state index contributed by atoms with van der Waals surface area (Å²) in [4.78, 5) is 26.7. The molecule has 1 saturated heterocycles. The number of pyridine rings is 1. The van der Waals surface area contributed by atoms with Gasteiger partial charge in [0.1, 0.15) is 28.2 Å². The van der Waals surface area contributed by atoms with Crippen molar-refractivity contribution >= 4 is 38.7 Å². The third kappa shape index (κ3) is 1.95. The molecule has 2 N–H and O–H groups in total. The number of ether oxygens (including phenoxy) is 1. The monoisotopic (exact) mass is 375 g/mol. The lowest BCUT2D eigenvalue weighted by atomic mass is 10.1. The number of hydrogen-bond donors (Lipinski definition) is 2. The largest absolute Gasteiger partial charge is 0.483 e. The van der Waals surface area contributed by atoms with Gasteiger partial charge in [-0.1, -0.05) is 0 Å². The zero-order valence-corrected chi connectivity index (χ0v) is 14.4. The molecule has 0 saturated carbocycles. The molecule has 0 unspecified atom stereocenters. The molecule has 5 rings (SSSR count). The van der Waals surface area contributed by atoms with Gasteiger partial charge in [0.25, 0.3) is 0 Å². The number of nitrogens with one attached hydrogen (secondary N) is 1. The van der Waals surface area contributed by atoms with Gasteiger partial charge in [0, 0.05) is 31.6 Å². The number of carbonyl (C=O) groups is 1. The van der Waals surface area contributed by atoms with Gasteiger partial charge in [0.05, 0.1) is 11.1 Å². The summed E-state index contributed by atoms with van der Waals surface area (Å²) in [6, 6.07) is 1.15. The van der Waals surface area contributed by atoms with Crippen LogP contribution in [0.1, 0.15) is 16.1 Å². The number of carboxylic acids is 1. The van der Waals surface area contributed by atoms with E-state index in [4.69, 9.17) is 4.74 Å². The minimum atomic E-state index is -1.31. The SMILES string of the molecule is O=C(O)c1c(=O)c2cc(F)c(N3CCNCC3)c3c2n2c(csc12)CO3. The predicted molar refractivity (Wildman–Crippen MR) is 95.4 cm³/mol. The summed E-state index contributed by atoms with van der Waals surface area (Å²) >= 11 is 1.19. The van der Waals surface area contributed by atoms with Crippen LogP contribution < -0.4 is 20.4 Å². The molecule has 0 aliphatic carbocycles. The highest BCUT2D eigenvalue weighted by Crippen LogP contribution is 2.42. The van der Waals surface area contributed by atoms with E-state index < -0.39 is 17.2 Å². The molecule has 7 nitrogen and oxygen atoms in total. The zero-order valence-electron chi connectivity index (χ0n) is 13.5. The molecule has 2 aromatic heterocycles. The minimum absolute atomic E-state index is 0.0330. The summed E-state index contributed by atoms with van der Waals surface area (Å²) in [7, 11) is 0. The fourth-order valence-corrected chi connectivity index (χ4v) is 4.79. The van der Waals surface area contributed by atoms with Gasteiger partial charge in [-0.15, -0.1) is 11.3 Å². The van der Waals surface area contributed by atoms with E-state index in [2.05, 4.69) is 5.32 Å². The second-order valence-corrected chi connectivity index (χ2v) is 7.19. The lowest BCUT2D eigenvalue weighted by Gasteiger charge is -2.32. The van der Waals surface area contributed by atoms with Gasteiger partial charge < -0.3 is 20.1 Å². The number of nitrogens with zero attached hydrogens (tertiary/aromatic N) is 2. The van der Waals surface area contributed by atoms with Crippen LogP contribution in [0.15, 0.2) is 16.2 Å². The second-order valence-electron chi connectivity index (χ2n) is 6.33. The maximum atomic E-state index is 15.0. The van der Waals surface area contributed by atoms with Crippen molar-refractivity contribution in [2.24, 2.45) is 0 Å². The van der Waals surface area contributed by atoms with Crippen molar-refractivity contribution in [3.8, 4) is 5.75 Å². The number of anilines is 1. The topological polar surface area (TPSA) is 83.3 Å². The molecule has 9 heteroatoms. The van der Waals surface area contributed by atoms with E-state index in [9.17, 15) is 19.1 Å². The second kappa shape index (κ2) is 5.42. The highest BCUT2D eigenvalue weighted by atomic mass is 32.1. The fraction of sp³-hybridized carbons (Fsp3) is 0.294. The third-order valence-corrected chi connectivity index (χ3v) is 5.90. The van der Waals surface area contributed by atoms with Crippen LogP contribution in [0.4, 0.5) is 10.1 Å². The van der Waals surface area contributed by atoms with E-state index in [1.54, 1.807) is 9.78 Å². The van der Waals surface area contributed by atoms with Gasteiger partial charge in [-0.25, -0.2) is 9.18 Å². The van der Waals surface area contributed by atoms with Crippen molar-refractivity contribution in [3.63, 3.8) is 0 Å². The van der Waals surface area contributed by atoms with Gasteiger partial charge in [-0.05, 0) is 6.07 Å². The lowest BCUT2D eigenvalue weighted by molar-refractivity contribution is 0.0697. The molecule has 1 aromatic carbocycles. The molecule has 0 bridgehead atoms. The molecule has 1 fully saturated rings. The Morgan fingerprint density at radius 2 is 2.12 bits per heavy atom. The van der Waals surface area contributed by atoms with Crippen LogP contribution in [-0.4, -0.2) is 41.7 Å². The van der Waals surface area contributed by atoms with Crippen molar-refractivity contribution in [2.75, 3.05) is 31.1 Å². The number of rotatable bonds is 2. The Hall–Kier alpha value is -2.65. The molecular weight excluding hydrogens is 361 g/mol. The average Bonchev–Trinajstić information content (AvgIpc) is 3.05. The summed E-state index contributed by atoms with van der Waals surface area (Å²) in [5.41, 5.74) is 0.539. The quantitative estimate of drug-likeness (QED) is 0.709. The number of thiazole rings is 1. The molecule has 2 aliphatic rings. The first-order valence-electron chi connectivity index (χ1n) is 8.21. The molecule has 134 valence electrons. The number of carboxylic acid groups (broad SMARTS) is 1. The first-order valence-corrected chi connectivity index (χ1v) is 9.09. The van der Waals surface area contributed by atoms with Crippen LogP contribution in [0.5, 0.6) is 5.75 Å². The Balaban J connectivity index is 1.94. The van der Waals surface area contributed by atoms with Crippen LogP contribution in [0.3, 0.4) is 0 Å². The minimum Gasteiger partial charge on any atom is -0.483 e. The maximum Gasteiger partial charge on any atom is 0.342 e. The molecule has 0 atom stereocenters. The standard InChI is InChI=1S/C17H14FN3O4S/c18-10-5-9-12-15(13(10)20-3-1-19-2-4-20)25-6-8-7-26-16(21(8)12)11(14(9)22)17(23)24/h5,7,19H,1-4,6H2,(H,23,24). The molecule has 0 amide bonds. The number of benzene rings is 1. The molecule has 0 radical (unpaired) electrons. The summed E-state index contributed by atoms with van der Waals surface area (Å²) in [5, 5.41) is 14.5. The van der Waals surface area contributed by atoms with E-state index in [-0.39, 0.29) is 17.6 Å². The molecular formula is C17H14FN3O4S. The van der Waals surface area contributed by atoms with Gasteiger partial charge >= 0.3 is 5.97 Å². The Labute approximate surface area is 150 Å². The molecule has 26 heavy (non-hydrogen) atoms. The van der Waals surface area contributed by atoms with Crippen LogP contribution in [0.25, 0.3) is 15.7 Å². The summed E-state index contributed by atoms with van der Waals surface area (Å²) in [6.45, 7) is 2.91. The molecule has 3 aromatic rings. The predicted octanol–water partition coefficient (Wildman–Crippen LogP) is 1.65. The van der Waals surface area contributed by atoms with E-state index >= 15 is 0 Å². The van der Waals surface area contributed by atoms with Crippen molar-refractivity contribution in [3.05, 3.63) is 38.7 Å². The van der Waals surface area contributed by atoms with E-state index in [0.717, 1.165) is 24.8 Å². The van der Waals surface area contributed by atoms with Crippen LogP contribution in [0.2, 0.25) is 0 Å². The Bertz CT molecular complexity index is 1150. The zero-order chi connectivity index (χ0) is 18.0. The first kappa shape index (κ1) is 15.6. The van der Waals surface area contributed by atoms with E-state index in [0.29, 0.717) is 34.9 Å². The highest BCUT2D eigenvalue weighted by molar-refractivity contribution is 7.16. The molecule has 2 aliphatic heterocycles. The van der Waals surface area contributed by atoms with Crippen molar-refractivity contribution < 1.29 is 19.0 Å². The van der Waals surface area contributed by atoms with Crippen LogP contribution >= 0.6 is 11.3 Å². The summed E-state index contributed by atoms with van der Waals surface area (Å²) in [6.07, 6.45) is 0. The fourth-order valence-electron chi connectivity index (χ4n) is 3.76. The normalized spacial score (nSPS) is 16.4. The van der Waals surface area contributed by atoms with Crippen molar-refractivity contribution in [1.82, 2.24) is 9.72 Å². The van der Waals surface area contributed by atoms with Gasteiger partial charge in [-0.3, -0.25) is 9.20 Å². The van der Waals surface area contributed by atoms with Crippen LogP contribution in [0, 0.1) is 5.82 Å². The Morgan fingerprint density at radius 1 is 1.35 bits per heavy atom. The van der Waals surface area contributed by atoms with Crippen molar-refractivity contribution in [1.29, 1.82) is 0 Å². The van der Waals surface area contributed by atoms with Crippen LogP contribution in [-0.2, 0) is 6.61 Å². The Morgan fingerprint density at radius 3 is 2.85 bits per heavy atom. The highest BCUT2D eigenvalue weighted by Gasteiger charge is 2.31. The molecule has 4 heterocycles. The third-order valence-electron chi connectivity index (χ3n) is 4.90. The van der Waals surface area contributed by atoms with Gasteiger partial charge in [0.2, 0.25) is 5.43 Å². The number of hydrogen-bond acceptors (Lipinski definition) is 6. The maximum absolute atomic E-state index is 15.0. The smallest absolute Gasteiger partial charge is 0.342 e. The summed E-state index contributed by atoms with van der Waals surface area (Å²) in [5.74, 6) is -1.56. The van der Waals surface area contributed by atoms with Gasteiger partial charge in [-0.2, -0.15) is 0 Å². The Kier molecular flexibility index (Phi) is 3.25. The van der Waals surface area contributed by atoms with E-state index in [1.165, 1.54) is 11.3 Å². The molecule has 0 spiro atoms. The number of aromatic carboxylic acids is 1. The summed E-state index contributed by atoms with van der Waals surface area (Å²) < 4.78 is 22.6. The van der Waals surface area contributed by atoms with Gasteiger partial charge in [0.15, 0.2) is 11.6 Å². The number of halogens is 1. The average molecular weight is 375 g/mol. The lowest BCUT2D eigenvalue weighted by Crippen LogP contribution is -2.44. The van der Waals surface area contributed by atoms with Crippen molar-refractivity contribution in [2.45, 2.75) is 6.61 Å².